The highest BCUT2D eigenvalue weighted by Crippen LogP contribution is 2.24. The summed E-state index contributed by atoms with van der Waals surface area (Å²) in [6.45, 7) is 0.533. The Morgan fingerprint density at radius 2 is 1.84 bits per heavy atom. The molecule has 8 nitrogen and oxygen atoms in total. The van der Waals surface area contributed by atoms with E-state index in [1.54, 1.807) is 0 Å². The van der Waals surface area contributed by atoms with E-state index < -0.39 is 14.5 Å². The Morgan fingerprint density at radius 1 is 1.12 bits per heavy atom. The molecule has 0 aliphatic heterocycles. The Labute approximate surface area is 145 Å². The highest BCUT2D eigenvalue weighted by Gasteiger charge is 2.17. The van der Waals surface area contributed by atoms with Gasteiger partial charge in [-0.05, 0) is 33.5 Å². The number of benzene rings is 2. The summed E-state index contributed by atoms with van der Waals surface area (Å²) in [6.07, 6.45) is -0.127. The number of tetrazole rings is 1. The minimum atomic E-state index is -3.12. The number of rotatable bonds is 8. The fourth-order valence-electron chi connectivity index (χ4n) is 2.41. The molecule has 0 spiro atoms. The van der Waals surface area contributed by atoms with Crippen LogP contribution in [0.1, 0.15) is 17.6 Å². The van der Waals surface area contributed by atoms with E-state index in [4.69, 9.17) is 9.42 Å². The zero-order chi connectivity index (χ0) is 17.5. The third-order valence-corrected chi connectivity index (χ3v) is 4.07. The third-order valence-electron chi connectivity index (χ3n) is 3.63. The largest absolute Gasteiger partial charge is 0.326 e. The first-order chi connectivity index (χ1) is 12.2. The summed E-state index contributed by atoms with van der Waals surface area (Å²) in [7, 11) is -3.12. The molecular formula is C16H18N5O3P. The summed E-state index contributed by atoms with van der Waals surface area (Å²) < 4.78 is 15.9. The van der Waals surface area contributed by atoms with Gasteiger partial charge in [-0.15, -0.1) is 5.10 Å². The van der Waals surface area contributed by atoms with Crippen LogP contribution in [0.3, 0.4) is 0 Å². The summed E-state index contributed by atoms with van der Waals surface area (Å²) >= 11 is 0. The second kappa shape index (κ2) is 8.64. The predicted molar refractivity (Wildman–Crippen MR) is 92.8 cm³/mol. The van der Waals surface area contributed by atoms with Crippen molar-refractivity contribution in [1.82, 2.24) is 25.9 Å². The molecule has 0 saturated heterocycles. The van der Waals surface area contributed by atoms with Gasteiger partial charge in [0, 0.05) is 6.54 Å². The van der Waals surface area contributed by atoms with Crippen LogP contribution in [-0.4, -0.2) is 32.1 Å². The number of nitrogens with zero attached hydrogens (tertiary/aromatic N) is 3. The zero-order valence-corrected chi connectivity index (χ0v) is 14.3. The first-order valence-corrected chi connectivity index (χ1v) is 8.99. The minimum Gasteiger partial charge on any atom is -0.326 e. The van der Waals surface area contributed by atoms with Crippen LogP contribution in [0.15, 0.2) is 54.6 Å². The van der Waals surface area contributed by atoms with Gasteiger partial charge >= 0.3 is 8.25 Å². The number of hydrogen-bond donors (Lipinski definition) is 3. The lowest BCUT2D eigenvalue weighted by molar-refractivity contribution is 0.148. The molecule has 2 atom stereocenters. The van der Waals surface area contributed by atoms with E-state index in [0.29, 0.717) is 6.54 Å². The molecule has 2 aromatic carbocycles. The maximum Gasteiger partial charge on any atom is 0.318 e. The van der Waals surface area contributed by atoms with E-state index in [-0.39, 0.29) is 5.82 Å². The Morgan fingerprint density at radius 3 is 2.48 bits per heavy atom. The number of hydrogen-bond acceptors (Lipinski definition) is 6. The van der Waals surface area contributed by atoms with Crippen LogP contribution < -0.4 is 5.32 Å². The van der Waals surface area contributed by atoms with E-state index in [9.17, 15) is 4.57 Å². The van der Waals surface area contributed by atoms with E-state index >= 15 is 0 Å². The fraction of sp³-hybridized carbons (Fsp3) is 0.188. The van der Waals surface area contributed by atoms with Gasteiger partial charge in [-0.2, -0.15) is 0 Å². The third kappa shape index (κ3) is 5.04. The maximum atomic E-state index is 11.0. The average molecular weight is 359 g/mol. The molecule has 0 aliphatic carbocycles. The van der Waals surface area contributed by atoms with Crippen molar-refractivity contribution in [2.75, 3.05) is 6.54 Å². The van der Waals surface area contributed by atoms with Crippen molar-refractivity contribution in [3.05, 3.63) is 66.0 Å². The van der Waals surface area contributed by atoms with Gasteiger partial charge in [0.15, 0.2) is 12.1 Å². The Balaban J connectivity index is 1.56. The molecule has 0 aliphatic rings. The monoisotopic (exact) mass is 359 g/mol. The molecule has 0 radical (unpaired) electrons. The first-order valence-electron chi connectivity index (χ1n) is 7.73. The number of H-pyrrole nitrogens is 1. The van der Waals surface area contributed by atoms with Crippen molar-refractivity contribution < 1.29 is 14.0 Å². The molecule has 0 fully saturated rings. The van der Waals surface area contributed by atoms with Gasteiger partial charge in [0.25, 0.3) is 0 Å². The molecule has 9 heteroatoms. The van der Waals surface area contributed by atoms with Gasteiger partial charge in [-0.25, -0.2) is 5.10 Å². The van der Waals surface area contributed by atoms with Gasteiger partial charge in [-0.3, -0.25) is 14.4 Å². The van der Waals surface area contributed by atoms with Crippen LogP contribution >= 0.6 is 8.25 Å². The van der Waals surface area contributed by atoms with Crippen molar-refractivity contribution in [2.24, 2.45) is 0 Å². The molecule has 3 aromatic rings. The summed E-state index contributed by atoms with van der Waals surface area (Å²) in [5.41, 5.74) is 3.47. The lowest BCUT2D eigenvalue weighted by Crippen LogP contribution is -2.25. The molecule has 3 N–H and O–H groups in total. The van der Waals surface area contributed by atoms with Crippen LogP contribution in [0, 0.1) is 0 Å². The highest BCUT2D eigenvalue weighted by molar-refractivity contribution is 7.32. The van der Waals surface area contributed by atoms with Crippen molar-refractivity contribution in [3.63, 3.8) is 0 Å². The van der Waals surface area contributed by atoms with Crippen LogP contribution in [0.5, 0.6) is 0 Å². The molecule has 0 bridgehead atoms. The Hall–Kier alpha value is -2.38. The van der Waals surface area contributed by atoms with Gasteiger partial charge in [0.2, 0.25) is 0 Å². The van der Waals surface area contributed by atoms with Gasteiger partial charge in [0.05, 0.1) is 0 Å². The summed E-state index contributed by atoms with van der Waals surface area (Å²) in [5, 5.41) is 16.1. The maximum absolute atomic E-state index is 11.0. The summed E-state index contributed by atoms with van der Waals surface area (Å²) in [4.78, 5) is 8.98. The molecule has 1 aromatic heterocycles. The molecule has 1 unspecified atom stereocenters. The Bertz CT molecular complexity index is 796. The van der Waals surface area contributed by atoms with E-state index in [0.717, 1.165) is 17.5 Å². The van der Waals surface area contributed by atoms with Crippen molar-refractivity contribution in [2.45, 2.75) is 12.6 Å². The van der Waals surface area contributed by atoms with Crippen molar-refractivity contribution in [1.29, 1.82) is 0 Å². The molecule has 0 saturated carbocycles. The van der Waals surface area contributed by atoms with E-state index in [1.807, 2.05) is 18.2 Å². The molecule has 130 valence electrons. The van der Waals surface area contributed by atoms with Crippen LogP contribution in [0.2, 0.25) is 0 Å². The summed E-state index contributed by atoms with van der Waals surface area (Å²) in [5.74, 6) is 0.256. The molecule has 1 heterocycles. The van der Waals surface area contributed by atoms with Crippen LogP contribution in [0.4, 0.5) is 0 Å². The van der Waals surface area contributed by atoms with Gasteiger partial charge in [0.1, 0.15) is 0 Å². The van der Waals surface area contributed by atoms with Gasteiger partial charge < -0.3 is 4.89 Å². The van der Waals surface area contributed by atoms with Crippen molar-refractivity contribution >= 4 is 8.25 Å². The topological polar surface area (TPSA) is 113 Å². The Kier molecular flexibility index (Phi) is 6.03. The molecule has 0 amide bonds. The smallest absolute Gasteiger partial charge is 0.318 e. The van der Waals surface area contributed by atoms with Crippen molar-refractivity contribution in [3.8, 4) is 11.1 Å². The SMILES string of the molecule is O=[PH](O)O[C@H](NCCc1ccc(-c2ccccc2)cc1)c1nnn[nH]1. The molecular weight excluding hydrogens is 341 g/mol. The second-order valence-corrected chi connectivity index (χ2v) is 6.08. The first kappa shape index (κ1) is 17.4. The predicted octanol–water partition coefficient (Wildman–Crippen LogP) is 2.10. The van der Waals surface area contributed by atoms with Crippen LogP contribution in [-0.2, 0) is 15.5 Å². The standard InChI is InChI=1S/C16H18N5O3P/c22-25(23)24-16(15-18-20-21-19-15)17-11-10-12-6-8-14(9-7-12)13-4-2-1-3-5-13/h1-9,16-17,25H,10-11H2,(H,22,23)(H,18,19,20,21)/t16-/m0/s1. The zero-order valence-electron chi connectivity index (χ0n) is 13.3. The second-order valence-electron chi connectivity index (χ2n) is 5.32. The quantitative estimate of drug-likeness (QED) is 0.417. The fourth-order valence-corrected chi connectivity index (χ4v) is 2.81. The number of aromatic amines is 1. The van der Waals surface area contributed by atoms with Crippen LogP contribution in [0.25, 0.3) is 11.1 Å². The highest BCUT2D eigenvalue weighted by atomic mass is 31.1. The normalized spacial score (nSPS) is 13.5. The summed E-state index contributed by atoms with van der Waals surface area (Å²) in [6, 6.07) is 18.4. The average Bonchev–Trinajstić information content (AvgIpc) is 3.16. The number of aromatic nitrogens is 4. The van der Waals surface area contributed by atoms with E-state index in [2.05, 4.69) is 62.3 Å². The minimum absolute atomic E-state index is 0.256. The van der Waals surface area contributed by atoms with Gasteiger partial charge in [-0.1, -0.05) is 54.6 Å². The number of nitrogens with one attached hydrogen (secondary N) is 2. The lowest BCUT2D eigenvalue weighted by atomic mass is 10.0. The van der Waals surface area contributed by atoms with E-state index in [1.165, 1.54) is 5.56 Å². The molecule has 3 rings (SSSR count). The molecule has 25 heavy (non-hydrogen) atoms. The lowest BCUT2D eigenvalue weighted by Gasteiger charge is -2.14.